The molecule has 0 spiro atoms. The van der Waals surface area contributed by atoms with E-state index in [0.29, 0.717) is 11.3 Å². The van der Waals surface area contributed by atoms with Gasteiger partial charge in [0, 0.05) is 23.8 Å². The largest absolute Gasteiger partial charge is 0.490 e. The highest BCUT2D eigenvalue weighted by Crippen LogP contribution is 2.22. The highest BCUT2D eigenvalue weighted by Gasteiger charge is 2.22. The molecule has 0 atom stereocenters. The second-order valence-electron chi connectivity index (χ2n) is 6.42. The molecular formula is C18H24O6. The topological polar surface area (TPSA) is 89.9 Å². The zero-order valence-electron chi connectivity index (χ0n) is 14.3. The molecule has 1 aromatic carbocycles. The Kier molecular flexibility index (Phi) is 7.42. The second-order valence-corrected chi connectivity index (χ2v) is 6.42. The Labute approximate surface area is 141 Å². The molecule has 6 nitrogen and oxygen atoms in total. The molecular weight excluding hydrogens is 312 g/mol. The molecule has 0 aliphatic rings. The smallest absolute Gasteiger partial charge is 0.305 e. The Balaban J connectivity index is 2.30. The first-order valence-electron chi connectivity index (χ1n) is 7.85. The molecule has 132 valence electrons. The number of carboxylic acids is 1. The summed E-state index contributed by atoms with van der Waals surface area (Å²) in [6.07, 6.45) is 0.291. The van der Waals surface area contributed by atoms with Crippen molar-refractivity contribution in [1.82, 2.24) is 0 Å². The van der Waals surface area contributed by atoms with Gasteiger partial charge in [-0.25, -0.2) is 0 Å². The Morgan fingerprint density at radius 2 is 1.62 bits per heavy atom. The molecule has 0 aromatic heterocycles. The molecule has 0 aliphatic heterocycles. The van der Waals surface area contributed by atoms with Crippen LogP contribution in [0, 0.1) is 5.41 Å². The Morgan fingerprint density at radius 3 is 2.17 bits per heavy atom. The van der Waals surface area contributed by atoms with E-state index in [4.69, 9.17) is 14.6 Å². The lowest BCUT2D eigenvalue weighted by Crippen LogP contribution is -2.20. The lowest BCUT2D eigenvalue weighted by molar-refractivity contribution is -0.144. The molecule has 0 saturated carbocycles. The number of ketones is 1. The van der Waals surface area contributed by atoms with E-state index in [-0.39, 0.29) is 38.3 Å². The van der Waals surface area contributed by atoms with Crippen LogP contribution in [-0.4, -0.2) is 36.0 Å². The first-order chi connectivity index (χ1) is 11.2. The number of benzene rings is 1. The van der Waals surface area contributed by atoms with E-state index in [2.05, 4.69) is 0 Å². The summed E-state index contributed by atoms with van der Waals surface area (Å²) in [7, 11) is 0. The lowest BCUT2D eigenvalue weighted by atomic mass is 9.86. The quantitative estimate of drug-likeness (QED) is 0.423. The number of carbonyl (C=O) groups is 3. The average Bonchev–Trinajstić information content (AvgIpc) is 2.50. The van der Waals surface area contributed by atoms with Gasteiger partial charge in [0.05, 0.1) is 0 Å². The van der Waals surface area contributed by atoms with Gasteiger partial charge in [-0.15, -0.1) is 0 Å². The summed E-state index contributed by atoms with van der Waals surface area (Å²) in [6, 6.07) is 6.82. The minimum absolute atomic E-state index is 0.0504. The molecule has 6 heteroatoms. The zero-order chi connectivity index (χ0) is 18.2. The van der Waals surface area contributed by atoms with E-state index in [9.17, 15) is 14.4 Å². The van der Waals surface area contributed by atoms with Gasteiger partial charge in [-0.3, -0.25) is 14.4 Å². The van der Waals surface area contributed by atoms with Gasteiger partial charge < -0.3 is 14.6 Å². The average molecular weight is 336 g/mol. The van der Waals surface area contributed by atoms with Crippen LogP contribution >= 0.6 is 0 Å². The highest BCUT2D eigenvalue weighted by atomic mass is 16.6. The fourth-order valence-electron chi connectivity index (χ4n) is 1.91. The van der Waals surface area contributed by atoms with Crippen molar-refractivity contribution in [2.75, 3.05) is 13.2 Å². The predicted octanol–water partition coefficient (Wildman–Crippen LogP) is 3.09. The number of rotatable bonds is 9. The molecule has 0 aliphatic carbocycles. The van der Waals surface area contributed by atoms with Crippen LogP contribution in [0.2, 0.25) is 0 Å². The van der Waals surface area contributed by atoms with Crippen molar-refractivity contribution in [2.24, 2.45) is 5.41 Å². The maximum atomic E-state index is 12.1. The van der Waals surface area contributed by atoms with E-state index < -0.39 is 17.4 Å². The molecule has 0 radical (unpaired) electrons. The minimum Gasteiger partial charge on any atom is -0.490 e. The minimum atomic E-state index is -0.931. The second kappa shape index (κ2) is 9.05. The molecule has 0 amide bonds. The number of esters is 1. The van der Waals surface area contributed by atoms with Gasteiger partial charge in [0.1, 0.15) is 19.0 Å². The van der Waals surface area contributed by atoms with Crippen molar-refractivity contribution in [1.29, 1.82) is 0 Å². The van der Waals surface area contributed by atoms with Crippen molar-refractivity contribution in [3.05, 3.63) is 29.8 Å². The number of ether oxygens (including phenoxy) is 2. The fraction of sp³-hybridized carbons (Fsp3) is 0.500. The molecule has 1 N–H and O–H groups in total. The van der Waals surface area contributed by atoms with Crippen LogP contribution in [-0.2, 0) is 14.3 Å². The molecule has 1 rings (SSSR count). The van der Waals surface area contributed by atoms with Gasteiger partial charge in [-0.2, -0.15) is 0 Å². The van der Waals surface area contributed by atoms with Crippen molar-refractivity contribution in [3.63, 3.8) is 0 Å². The van der Waals surface area contributed by atoms with E-state index in [1.54, 1.807) is 24.3 Å². The normalized spacial score (nSPS) is 11.0. The van der Waals surface area contributed by atoms with Gasteiger partial charge in [-0.05, 0) is 30.7 Å². The third-order valence-corrected chi connectivity index (χ3v) is 3.18. The highest BCUT2D eigenvalue weighted by molar-refractivity contribution is 5.99. The molecule has 1 aromatic rings. The van der Waals surface area contributed by atoms with Crippen molar-refractivity contribution >= 4 is 17.7 Å². The van der Waals surface area contributed by atoms with Crippen LogP contribution < -0.4 is 4.74 Å². The van der Waals surface area contributed by atoms with Crippen molar-refractivity contribution in [3.8, 4) is 5.75 Å². The molecule has 0 heterocycles. The maximum Gasteiger partial charge on any atom is 0.305 e. The summed E-state index contributed by atoms with van der Waals surface area (Å²) < 4.78 is 10.4. The van der Waals surface area contributed by atoms with E-state index >= 15 is 0 Å². The Bertz CT molecular complexity index is 568. The summed E-state index contributed by atoms with van der Waals surface area (Å²) in [5.74, 6) is -0.725. The number of hydrogen-bond donors (Lipinski definition) is 1. The molecule has 0 fully saturated rings. The molecule has 0 unspecified atom stereocenters. The first-order valence-corrected chi connectivity index (χ1v) is 7.85. The predicted molar refractivity (Wildman–Crippen MR) is 88.2 cm³/mol. The standard InChI is InChI=1S/C18H24O6/c1-18(2,3)17(22)13-7-9-14(10-8-13)23-11-12-24-16(21)6-4-5-15(19)20/h7-10H,4-6,11-12H2,1-3H3,(H,19,20). The lowest BCUT2D eigenvalue weighted by Gasteiger charge is -2.16. The van der Waals surface area contributed by atoms with E-state index in [0.717, 1.165) is 0 Å². The number of carboxylic acid groups (broad SMARTS) is 1. The van der Waals surface area contributed by atoms with Gasteiger partial charge in [0.2, 0.25) is 0 Å². The fourth-order valence-corrected chi connectivity index (χ4v) is 1.91. The number of Topliss-reactive ketones (excluding diaryl/α,β-unsaturated/α-hetero) is 1. The Hall–Kier alpha value is -2.37. The number of hydrogen-bond acceptors (Lipinski definition) is 5. The van der Waals surface area contributed by atoms with Crippen LogP contribution in [0.25, 0.3) is 0 Å². The first kappa shape index (κ1) is 19.7. The van der Waals surface area contributed by atoms with Crippen molar-refractivity contribution < 1.29 is 29.0 Å². The molecule has 0 bridgehead atoms. The van der Waals surface area contributed by atoms with E-state index in [1.807, 2.05) is 20.8 Å². The van der Waals surface area contributed by atoms with Crippen LogP contribution in [0.3, 0.4) is 0 Å². The summed E-state index contributed by atoms with van der Waals surface area (Å²) in [5.41, 5.74) is 0.191. The summed E-state index contributed by atoms with van der Waals surface area (Å²) in [6.45, 7) is 5.88. The SMILES string of the molecule is CC(C)(C)C(=O)c1ccc(OCCOC(=O)CCCC(=O)O)cc1. The summed E-state index contributed by atoms with van der Waals surface area (Å²) >= 11 is 0. The Morgan fingerprint density at radius 1 is 1.00 bits per heavy atom. The van der Waals surface area contributed by atoms with Crippen LogP contribution in [0.4, 0.5) is 0 Å². The number of aliphatic carboxylic acids is 1. The third kappa shape index (κ3) is 7.26. The molecule has 0 saturated heterocycles. The van der Waals surface area contributed by atoms with Gasteiger partial charge in [0.15, 0.2) is 5.78 Å². The van der Waals surface area contributed by atoms with Crippen LogP contribution in [0.15, 0.2) is 24.3 Å². The van der Waals surface area contributed by atoms with Crippen LogP contribution in [0.5, 0.6) is 5.75 Å². The van der Waals surface area contributed by atoms with Crippen LogP contribution in [0.1, 0.15) is 50.4 Å². The van der Waals surface area contributed by atoms with Gasteiger partial charge in [-0.1, -0.05) is 20.8 Å². The maximum absolute atomic E-state index is 12.1. The number of carbonyl (C=O) groups excluding carboxylic acids is 2. The van der Waals surface area contributed by atoms with Gasteiger partial charge in [0.25, 0.3) is 0 Å². The third-order valence-electron chi connectivity index (χ3n) is 3.18. The summed E-state index contributed by atoms with van der Waals surface area (Å²) in [5, 5.41) is 8.47. The molecule has 24 heavy (non-hydrogen) atoms. The van der Waals surface area contributed by atoms with E-state index in [1.165, 1.54) is 0 Å². The zero-order valence-corrected chi connectivity index (χ0v) is 14.3. The summed E-state index contributed by atoms with van der Waals surface area (Å²) in [4.78, 5) is 33.8. The monoisotopic (exact) mass is 336 g/mol. The van der Waals surface area contributed by atoms with Crippen molar-refractivity contribution in [2.45, 2.75) is 40.0 Å². The van der Waals surface area contributed by atoms with Gasteiger partial charge >= 0.3 is 11.9 Å².